The topological polar surface area (TPSA) is 78.9 Å². The van der Waals surface area contributed by atoms with Crippen molar-refractivity contribution >= 4 is 17.9 Å². The van der Waals surface area contributed by atoms with Crippen molar-refractivity contribution in [2.45, 2.75) is 271 Å². The van der Waals surface area contributed by atoms with E-state index in [1.54, 1.807) is 0 Å². The highest BCUT2D eigenvalue weighted by atomic mass is 16.6. The van der Waals surface area contributed by atoms with E-state index in [0.29, 0.717) is 19.3 Å². The molecule has 0 spiro atoms. The number of esters is 3. The van der Waals surface area contributed by atoms with Gasteiger partial charge in [0.1, 0.15) is 13.2 Å². The van der Waals surface area contributed by atoms with Crippen LogP contribution < -0.4 is 0 Å². The molecule has 0 aromatic heterocycles. The van der Waals surface area contributed by atoms with Gasteiger partial charge in [0.05, 0.1) is 0 Å². The first-order valence-corrected chi connectivity index (χ1v) is 26.8. The lowest BCUT2D eigenvalue weighted by molar-refractivity contribution is -0.167. The van der Waals surface area contributed by atoms with Crippen molar-refractivity contribution in [1.29, 1.82) is 0 Å². The van der Waals surface area contributed by atoms with E-state index >= 15 is 0 Å². The van der Waals surface area contributed by atoms with Crippen molar-refractivity contribution in [1.82, 2.24) is 0 Å². The molecule has 0 bridgehead atoms. The summed E-state index contributed by atoms with van der Waals surface area (Å²) in [5.74, 6) is -0.911. The van der Waals surface area contributed by atoms with Crippen LogP contribution in [0.1, 0.15) is 265 Å². The van der Waals surface area contributed by atoms with Crippen LogP contribution in [0.2, 0.25) is 0 Å². The fourth-order valence-corrected chi connectivity index (χ4v) is 7.38. The number of carbonyl (C=O) groups excluding carboxylic acids is 3. The number of allylic oxidation sites excluding steroid dienone is 10. The molecule has 0 rings (SSSR count). The van der Waals surface area contributed by atoms with Gasteiger partial charge in [-0.3, -0.25) is 14.4 Å². The van der Waals surface area contributed by atoms with Gasteiger partial charge in [-0.25, -0.2) is 0 Å². The SMILES string of the molecule is CCCCC/C=C\C/C=C\CCCCCCCCCC(=O)OC[C@@H](COC(=O)CCCCCCC/C=C\CCCCCC)OC(=O)CCCCCCC/C=C\C/C=C\CCCCC. The van der Waals surface area contributed by atoms with Gasteiger partial charge in [-0.05, 0) is 109 Å². The summed E-state index contributed by atoms with van der Waals surface area (Å²) < 4.78 is 16.8. The summed E-state index contributed by atoms with van der Waals surface area (Å²) in [6.07, 6.45) is 63.4. The van der Waals surface area contributed by atoms with Crippen molar-refractivity contribution < 1.29 is 28.6 Å². The standard InChI is InChI=1S/C57H100O6/c1-4-7-10-13-16-19-22-25-27-28-30-32-35-38-41-44-47-50-56(59)62-53-54(52-61-55(58)49-46-43-40-37-34-31-24-21-18-15-12-9-6-3)63-57(60)51-48-45-42-39-36-33-29-26-23-20-17-14-11-8-5-2/h16-17,19-21,24-27,29,54H,4-15,18,22-23,28,30-53H2,1-3H3/b19-16-,20-17-,24-21-,27-25-,29-26-/t54-/m1/s1. The molecular formula is C57H100O6. The molecule has 0 aliphatic heterocycles. The first-order chi connectivity index (χ1) is 31.0. The van der Waals surface area contributed by atoms with E-state index in [0.717, 1.165) is 103 Å². The van der Waals surface area contributed by atoms with E-state index in [4.69, 9.17) is 14.2 Å². The van der Waals surface area contributed by atoms with Gasteiger partial charge < -0.3 is 14.2 Å². The molecule has 6 heteroatoms. The number of rotatable bonds is 48. The van der Waals surface area contributed by atoms with Gasteiger partial charge in [-0.2, -0.15) is 0 Å². The second-order valence-corrected chi connectivity index (χ2v) is 17.8. The maximum absolute atomic E-state index is 12.8. The minimum absolute atomic E-state index is 0.0864. The van der Waals surface area contributed by atoms with Crippen LogP contribution in [0, 0.1) is 0 Å². The molecule has 0 aromatic rings. The second-order valence-electron chi connectivity index (χ2n) is 17.8. The Bertz CT molecular complexity index is 1150. The van der Waals surface area contributed by atoms with Crippen molar-refractivity contribution in [2.24, 2.45) is 0 Å². The predicted octanol–water partition coefficient (Wildman–Crippen LogP) is 17.6. The van der Waals surface area contributed by atoms with Crippen molar-refractivity contribution in [3.63, 3.8) is 0 Å². The number of ether oxygens (including phenoxy) is 3. The van der Waals surface area contributed by atoms with E-state index in [1.165, 1.54) is 122 Å². The van der Waals surface area contributed by atoms with E-state index < -0.39 is 6.10 Å². The van der Waals surface area contributed by atoms with Crippen LogP contribution in [0.5, 0.6) is 0 Å². The normalized spacial score (nSPS) is 12.5. The monoisotopic (exact) mass is 881 g/mol. The smallest absolute Gasteiger partial charge is 0.306 e. The van der Waals surface area contributed by atoms with E-state index in [-0.39, 0.29) is 31.1 Å². The Hall–Kier alpha value is -2.89. The first kappa shape index (κ1) is 60.1. The molecule has 0 heterocycles. The summed E-state index contributed by atoms with van der Waals surface area (Å²) in [6, 6.07) is 0. The van der Waals surface area contributed by atoms with Crippen LogP contribution in [0.4, 0.5) is 0 Å². The molecule has 0 fully saturated rings. The van der Waals surface area contributed by atoms with Crippen LogP contribution in [-0.2, 0) is 28.6 Å². The summed E-state index contributed by atoms with van der Waals surface area (Å²) in [7, 11) is 0. The number of unbranched alkanes of at least 4 members (excludes halogenated alkanes) is 27. The lowest BCUT2D eigenvalue weighted by Gasteiger charge is -2.18. The average Bonchev–Trinajstić information content (AvgIpc) is 3.28. The highest BCUT2D eigenvalue weighted by molar-refractivity contribution is 5.71. The summed E-state index contributed by atoms with van der Waals surface area (Å²) in [5, 5.41) is 0. The van der Waals surface area contributed by atoms with Gasteiger partial charge in [0.2, 0.25) is 0 Å². The molecule has 63 heavy (non-hydrogen) atoms. The Kier molecular flexibility index (Phi) is 49.4. The quantitative estimate of drug-likeness (QED) is 0.0262. The van der Waals surface area contributed by atoms with Crippen LogP contribution in [0.15, 0.2) is 60.8 Å². The summed E-state index contributed by atoms with van der Waals surface area (Å²) in [5.41, 5.74) is 0. The third kappa shape index (κ3) is 50.0. The molecule has 0 unspecified atom stereocenters. The lowest BCUT2D eigenvalue weighted by atomic mass is 10.1. The van der Waals surface area contributed by atoms with E-state index in [9.17, 15) is 14.4 Å². The number of carbonyl (C=O) groups is 3. The van der Waals surface area contributed by atoms with Crippen LogP contribution >= 0.6 is 0 Å². The zero-order chi connectivity index (χ0) is 45.8. The van der Waals surface area contributed by atoms with Gasteiger partial charge in [-0.1, -0.05) is 197 Å². The summed E-state index contributed by atoms with van der Waals surface area (Å²) in [6.45, 7) is 6.56. The highest BCUT2D eigenvalue weighted by Crippen LogP contribution is 2.14. The Labute approximate surface area is 390 Å². The number of hydrogen-bond donors (Lipinski definition) is 0. The zero-order valence-corrected chi connectivity index (χ0v) is 41.6. The fraction of sp³-hybridized carbons (Fsp3) is 0.772. The molecule has 0 saturated heterocycles. The molecule has 0 aliphatic carbocycles. The Morgan fingerprint density at radius 2 is 0.571 bits per heavy atom. The first-order valence-electron chi connectivity index (χ1n) is 26.8. The molecule has 0 radical (unpaired) electrons. The van der Waals surface area contributed by atoms with Gasteiger partial charge >= 0.3 is 17.9 Å². The Balaban J connectivity index is 4.41. The van der Waals surface area contributed by atoms with Gasteiger partial charge in [-0.15, -0.1) is 0 Å². The van der Waals surface area contributed by atoms with Crippen molar-refractivity contribution in [2.75, 3.05) is 13.2 Å². The molecular weight excluding hydrogens is 781 g/mol. The second kappa shape index (κ2) is 51.7. The maximum atomic E-state index is 12.8. The molecule has 364 valence electrons. The summed E-state index contributed by atoms with van der Waals surface area (Å²) in [4.78, 5) is 38.0. The average molecular weight is 881 g/mol. The van der Waals surface area contributed by atoms with Crippen LogP contribution in [-0.4, -0.2) is 37.2 Å². The van der Waals surface area contributed by atoms with E-state index in [2.05, 4.69) is 81.5 Å². The Morgan fingerprint density at radius 3 is 0.921 bits per heavy atom. The van der Waals surface area contributed by atoms with Crippen molar-refractivity contribution in [3.05, 3.63) is 60.8 Å². The van der Waals surface area contributed by atoms with Crippen molar-refractivity contribution in [3.8, 4) is 0 Å². The fourth-order valence-electron chi connectivity index (χ4n) is 7.38. The highest BCUT2D eigenvalue weighted by Gasteiger charge is 2.19. The molecule has 6 nitrogen and oxygen atoms in total. The predicted molar refractivity (Wildman–Crippen MR) is 270 cm³/mol. The maximum Gasteiger partial charge on any atom is 0.306 e. The molecule has 1 atom stereocenters. The van der Waals surface area contributed by atoms with Crippen LogP contribution in [0.3, 0.4) is 0 Å². The van der Waals surface area contributed by atoms with Gasteiger partial charge in [0, 0.05) is 19.3 Å². The largest absolute Gasteiger partial charge is 0.462 e. The third-order valence-electron chi connectivity index (χ3n) is 11.5. The number of hydrogen-bond acceptors (Lipinski definition) is 6. The molecule has 0 N–H and O–H groups in total. The zero-order valence-electron chi connectivity index (χ0n) is 41.6. The lowest BCUT2D eigenvalue weighted by Crippen LogP contribution is -2.30. The minimum atomic E-state index is -0.787. The minimum Gasteiger partial charge on any atom is -0.462 e. The molecule has 0 amide bonds. The molecule has 0 saturated carbocycles. The summed E-state index contributed by atoms with van der Waals surface area (Å²) >= 11 is 0. The molecule has 0 aromatic carbocycles. The molecule has 0 aliphatic rings. The Morgan fingerprint density at radius 1 is 0.317 bits per heavy atom. The van der Waals surface area contributed by atoms with Gasteiger partial charge in [0.15, 0.2) is 6.10 Å². The van der Waals surface area contributed by atoms with Crippen LogP contribution in [0.25, 0.3) is 0 Å². The third-order valence-corrected chi connectivity index (χ3v) is 11.5. The van der Waals surface area contributed by atoms with E-state index in [1.807, 2.05) is 0 Å². The van der Waals surface area contributed by atoms with Gasteiger partial charge in [0.25, 0.3) is 0 Å².